The second-order valence-electron chi connectivity index (χ2n) is 10.6. The van der Waals surface area contributed by atoms with E-state index in [4.69, 9.17) is 0 Å². The highest BCUT2D eigenvalue weighted by atomic mass is 32.2. The summed E-state index contributed by atoms with van der Waals surface area (Å²) >= 11 is 0. The number of amides is 1. The lowest BCUT2D eigenvalue weighted by atomic mass is 10.1. The number of aromatic amines is 1. The number of aliphatic carboxylic acids is 1. The minimum Gasteiger partial charge on any atom is -0.480 e. The molecule has 2 heterocycles. The second-order valence-corrected chi connectivity index (χ2v) is 12.3. The molecule has 2 aromatic heterocycles. The first-order valence-corrected chi connectivity index (χ1v) is 14.9. The number of carbonyl (C=O) groups excluding carboxylic acids is 1. The standard InChI is InChI=1S/C29H32F2N6O6S/c1-13-7-14(2)26(15(3)8-13)44(42,43)36-22(28(40)41)11-32-27(39)20-12-37(6)24-18(25(20)38)9-21(30)19(23(24)31)10-33-29-34-16(4)17(5)35-29/h7-9,12,22,36H,10-11H2,1-6H3,(H,32,39)(H,40,41)(H2,33,34,35). The number of hydrogen-bond acceptors (Lipinski definition) is 7. The molecular formula is C29H32F2N6O6S. The summed E-state index contributed by atoms with van der Waals surface area (Å²) in [4.78, 5) is 45.2. The van der Waals surface area contributed by atoms with E-state index in [2.05, 4.69) is 25.3 Å². The number of carboxylic acids is 1. The van der Waals surface area contributed by atoms with E-state index < -0.39 is 62.5 Å². The number of sulfonamides is 1. The number of nitrogens with zero attached hydrogens (tertiary/aromatic N) is 2. The molecule has 0 saturated carbocycles. The first kappa shape index (κ1) is 32.3. The summed E-state index contributed by atoms with van der Waals surface area (Å²) in [6, 6.07) is 2.31. The van der Waals surface area contributed by atoms with Crippen LogP contribution in [0.1, 0.15) is 44.0 Å². The zero-order valence-electron chi connectivity index (χ0n) is 24.8. The third-order valence-corrected chi connectivity index (χ3v) is 8.97. The van der Waals surface area contributed by atoms with Gasteiger partial charge in [0.2, 0.25) is 21.4 Å². The summed E-state index contributed by atoms with van der Waals surface area (Å²) in [5.74, 6) is -4.37. The maximum Gasteiger partial charge on any atom is 0.323 e. The van der Waals surface area contributed by atoms with Crippen LogP contribution in [-0.4, -0.2) is 52.5 Å². The Hall–Kier alpha value is -4.63. The van der Waals surface area contributed by atoms with E-state index in [9.17, 15) is 27.9 Å². The van der Waals surface area contributed by atoms with E-state index in [1.165, 1.54) is 7.05 Å². The predicted molar refractivity (Wildman–Crippen MR) is 159 cm³/mol. The molecule has 0 saturated heterocycles. The van der Waals surface area contributed by atoms with Crippen molar-refractivity contribution in [2.45, 2.75) is 52.1 Å². The largest absolute Gasteiger partial charge is 0.480 e. The monoisotopic (exact) mass is 630 g/mol. The SMILES string of the molecule is Cc1cc(C)c(S(=O)(=O)NC(CNC(=O)c2cn(C)c3c(F)c(CNc4nc(C)c(C)[nH]4)c(F)cc3c2=O)C(=O)O)c(C)c1. The first-order valence-electron chi connectivity index (χ1n) is 13.4. The number of halogens is 2. The van der Waals surface area contributed by atoms with Crippen LogP contribution in [0, 0.1) is 46.3 Å². The lowest BCUT2D eigenvalue weighted by molar-refractivity contribution is -0.138. The van der Waals surface area contributed by atoms with Gasteiger partial charge in [-0.15, -0.1) is 0 Å². The van der Waals surface area contributed by atoms with Crippen LogP contribution >= 0.6 is 0 Å². The van der Waals surface area contributed by atoms with Gasteiger partial charge >= 0.3 is 5.97 Å². The molecule has 1 amide bonds. The Morgan fingerprint density at radius 3 is 2.30 bits per heavy atom. The van der Waals surface area contributed by atoms with Crippen LogP contribution in [0.4, 0.5) is 14.7 Å². The van der Waals surface area contributed by atoms with Crippen LogP contribution in [0.15, 0.2) is 34.1 Å². The van der Waals surface area contributed by atoms with Crippen molar-refractivity contribution in [1.29, 1.82) is 0 Å². The number of aromatic nitrogens is 3. The van der Waals surface area contributed by atoms with Crippen molar-refractivity contribution in [2.24, 2.45) is 7.05 Å². The molecule has 0 aliphatic rings. The highest BCUT2D eigenvalue weighted by Crippen LogP contribution is 2.24. The summed E-state index contributed by atoms with van der Waals surface area (Å²) < 4.78 is 59.9. The summed E-state index contributed by atoms with van der Waals surface area (Å²) in [6.45, 7) is 7.50. The number of H-pyrrole nitrogens is 1. The number of fused-ring (bicyclic) bond motifs is 1. The molecular weight excluding hydrogens is 598 g/mol. The molecule has 5 N–H and O–H groups in total. The molecule has 1 atom stereocenters. The number of imidazole rings is 1. The smallest absolute Gasteiger partial charge is 0.323 e. The zero-order chi connectivity index (χ0) is 32.7. The van der Waals surface area contributed by atoms with Crippen LogP contribution < -0.4 is 20.8 Å². The van der Waals surface area contributed by atoms with E-state index in [-0.39, 0.29) is 22.5 Å². The number of benzene rings is 2. The molecule has 44 heavy (non-hydrogen) atoms. The van der Waals surface area contributed by atoms with Gasteiger partial charge in [-0.2, -0.15) is 4.72 Å². The van der Waals surface area contributed by atoms with Crippen LogP contribution in [0.25, 0.3) is 10.9 Å². The fraction of sp³-hybridized carbons (Fsp3) is 0.310. The molecule has 12 nitrogen and oxygen atoms in total. The summed E-state index contributed by atoms with van der Waals surface area (Å²) in [5, 5.41) is 14.3. The quantitative estimate of drug-likeness (QED) is 0.178. The van der Waals surface area contributed by atoms with Crippen molar-refractivity contribution in [1.82, 2.24) is 24.6 Å². The van der Waals surface area contributed by atoms with Crippen molar-refractivity contribution in [3.8, 4) is 0 Å². The first-order chi connectivity index (χ1) is 20.5. The third kappa shape index (κ3) is 6.33. The number of nitrogens with one attached hydrogen (secondary N) is 4. The highest BCUT2D eigenvalue weighted by Gasteiger charge is 2.29. The molecule has 0 aliphatic heterocycles. The molecule has 0 radical (unpaired) electrons. The van der Waals surface area contributed by atoms with E-state index in [1.54, 1.807) is 46.8 Å². The third-order valence-electron chi connectivity index (χ3n) is 7.19. The second kappa shape index (κ2) is 12.2. The van der Waals surface area contributed by atoms with Crippen molar-refractivity contribution >= 4 is 38.8 Å². The normalized spacial score (nSPS) is 12.4. The summed E-state index contributed by atoms with van der Waals surface area (Å²) in [5.41, 5.74) is 1.01. The Morgan fingerprint density at radius 1 is 1.09 bits per heavy atom. The maximum absolute atomic E-state index is 15.5. The topological polar surface area (TPSA) is 175 Å². The highest BCUT2D eigenvalue weighted by molar-refractivity contribution is 7.89. The fourth-order valence-electron chi connectivity index (χ4n) is 5.06. The van der Waals surface area contributed by atoms with Gasteiger partial charge in [-0.3, -0.25) is 14.4 Å². The summed E-state index contributed by atoms with van der Waals surface area (Å²) in [7, 11) is -2.96. The van der Waals surface area contributed by atoms with Gasteiger partial charge in [0.05, 0.1) is 21.5 Å². The number of carbonyl (C=O) groups is 2. The zero-order valence-corrected chi connectivity index (χ0v) is 25.7. The number of hydrogen-bond donors (Lipinski definition) is 5. The van der Waals surface area contributed by atoms with E-state index in [1.807, 2.05) is 0 Å². The van der Waals surface area contributed by atoms with Gasteiger partial charge in [-0.25, -0.2) is 22.2 Å². The predicted octanol–water partition coefficient (Wildman–Crippen LogP) is 2.86. The Bertz CT molecular complexity index is 1940. The maximum atomic E-state index is 15.5. The lowest BCUT2D eigenvalue weighted by Crippen LogP contribution is -2.49. The molecule has 0 fully saturated rings. The number of anilines is 1. The average Bonchev–Trinajstić information content (AvgIpc) is 3.23. The molecule has 234 valence electrons. The Balaban J connectivity index is 1.58. The molecule has 0 aliphatic carbocycles. The van der Waals surface area contributed by atoms with Gasteiger partial charge in [0.25, 0.3) is 5.91 Å². The number of carboxylic acid groups (broad SMARTS) is 1. The Kier molecular flexibility index (Phi) is 8.93. The summed E-state index contributed by atoms with van der Waals surface area (Å²) in [6.07, 6.45) is 1.04. The van der Waals surface area contributed by atoms with E-state index >= 15 is 8.78 Å². The van der Waals surface area contributed by atoms with Crippen molar-refractivity contribution in [2.75, 3.05) is 11.9 Å². The van der Waals surface area contributed by atoms with Crippen LogP contribution in [0.3, 0.4) is 0 Å². The van der Waals surface area contributed by atoms with Crippen LogP contribution in [0.5, 0.6) is 0 Å². The van der Waals surface area contributed by atoms with Crippen molar-refractivity contribution in [3.05, 3.63) is 85.5 Å². The van der Waals surface area contributed by atoms with Crippen LogP contribution in [-0.2, 0) is 28.4 Å². The molecule has 4 rings (SSSR count). The van der Waals surface area contributed by atoms with Crippen LogP contribution in [0.2, 0.25) is 0 Å². The van der Waals surface area contributed by atoms with Gasteiger partial charge in [-0.05, 0) is 51.8 Å². The van der Waals surface area contributed by atoms with Gasteiger partial charge < -0.3 is 25.3 Å². The minimum absolute atomic E-state index is 0.0860. The van der Waals surface area contributed by atoms with Crippen molar-refractivity contribution < 1.29 is 31.9 Å². The lowest BCUT2D eigenvalue weighted by Gasteiger charge is -2.18. The fourth-order valence-corrected chi connectivity index (χ4v) is 6.70. The Labute approximate surface area is 251 Å². The van der Waals surface area contributed by atoms with E-state index in [0.29, 0.717) is 22.8 Å². The van der Waals surface area contributed by atoms with Gasteiger partial charge in [-0.1, -0.05) is 17.7 Å². The molecule has 0 bridgehead atoms. The molecule has 4 aromatic rings. The number of aryl methyl sites for hydroxylation is 6. The Morgan fingerprint density at radius 2 is 1.73 bits per heavy atom. The number of rotatable bonds is 10. The molecule has 2 aromatic carbocycles. The van der Waals surface area contributed by atoms with Gasteiger partial charge in [0.15, 0.2) is 5.82 Å². The molecule has 0 spiro atoms. The number of pyridine rings is 1. The molecule has 15 heteroatoms. The average molecular weight is 631 g/mol. The minimum atomic E-state index is -4.32. The van der Waals surface area contributed by atoms with Crippen molar-refractivity contribution in [3.63, 3.8) is 0 Å². The van der Waals surface area contributed by atoms with Gasteiger partial charge in [0.1, 0.15) is 17.4 Å². The molecule has 1 unspecified atom stereocenters. The van der Waals surface area contributed by atoms with Gasteiger partial charge in [0, 0.05) is 37.6 Å². The van der Waals surface area contributed by atoms with E-state index in [0.717, 1.165) is 28.1 Å².